The van der Waals surface area contributed by atoms with Crippen LogP contribution in [0.5, 0.6) is 0 Å². The quantitative estimate of drug-likeness (QED) is 0.220. The number of carbonyl (C=O) groups is 2. The number of aliphatic hydroxyl groups is 1. The van der Waals surface area contributed by atoms with Crippen molar-refractivity contribution in [1.82, 2.24) is 4.90 Å². The number of aliphatic carboxylic acids is 1. The number of carbonyl (C=O) groups excluding carboxylic acids is 1. The number of carboxylic acid groups (broad SMARTS) is 1. The van der Waals surface area contributed by atoms with Crippen LogP contribution in [-0.4, -0.2) is 73.1 Å². The van der Waals surface area contributed by atoms with Crippen molar-refractivity contribution in [3.8, 4) is 0 Å². The molecule has 0 fully saturated rings. The molecule has 0 aromatic rings. The number of hydrogen-bond acceptors (Lipinski definition) is 5. The largest absolute Gasteiger partial charge is 0.478 e. The Hall–Kier alpha value is -1.44. The molecule has 0 saturated carbocycles. The Balaban J connectivity index is 4.00. The van der Waals surface area contributed by atoms with Crippen LogP contribution in [0.4, 0.5) is 0 Å². The second kappa shape index (κ2) is 21.3. The molecule has 0 bridgehead atoms. The van der Waals surface area contributed by atoms with E-state index in [1.165, 1.54) is 51.4 Å². The molecule has 0 saturated heterocycles. The van der Waals surface area contributed by atoms with Gasteiger partial charge in [-0.05, 0) is 6.42 Å². The number of rotatable bonds is 21. The highest BCUT2D eigenvalue weighted by Crippen LogP contribution is 2.11. The average Bonchev–Trinajstić information content (AvgIpc) is 2.71. The van der Waals surface area contributed by atoms with Crippen LogP contribution in [0, 0.1) is 0 Å². The smallest absolute Gasteiger partial charge is 0.328 e. The van der Waals surface area contributed by atoms with E-state index in [-0.39, 0.29) is 19.1 Å². The molecule has 0 atom stereocenters. The van der Waals surface area contributed by atoms with Gasteiger partial charge in [0.05, 0.1) is 33.0 Å². The van der Waals surface area contributed by atoms with Crippen LogP contribution in [-0.2, 0) is 19.1 Å². The minimum absolute atomic E-state index is 0.0168. The van der Waals surface area contributed by atoms with Gasteiger partial charge in [-0.2, -0.15) is 0 Å². The SMILES string of the molecule is CCCCCCCCCCCCN(CCOCCOCCO)C(=O)C=CC(=O)O. The van der Waals surface area contributed by atoms with Gasteiger partial charge in [-0.15, -0.1) is 0 Å². The Morgan fingerprint density at radius 1 is 0.759 bits per heavy atom. The first-order chi connectivity index (χ1) is 14.1. The van der Waals surface area contributed by atoms with E-state index in [9.17, 15) is 9.59 Å². The molecule has 170 valence electrons. The lowest BCUT2D eigenvalue weighted by Gasteiger charge is -2.21. The predicted molar refractivity (Wildman–Crippen MR) is 114 cm³/mol. The fourth-order valence-corrected chi connectivity index (χ4v) is 2.93. The van der Waals surface area contributed by atoms with Crippen molar-refractivity contribution >= 4 is 11.9 Å². The van der Waals surface area contributed by atoms with Gasteiger partial charge in [0.2, 0.25) is 5.91 Å². The maximum Gasteiger partial charge on any atom is 0.328 e. The zero-order chi connectivity index (χ0) is 21.6. The normalized spacial score (nSPS) is 11.2. The summed E-state index contributed by atoms with van der Waals surface area (Å²) in [5, 5.41) is 17.3. The molecule has 7 heteroatoms. The summed E-state index contributed by atoms with van der Waals surface area (Å²) in [7, 11) is 0. The second-order valence-corrected chi connectivity index (χ2v) is 7.13. The van der Waals surface area contributed by atoms with E-state index in [0.29, 0.717) is 32.9 Å². The third kappa shape index (κ3) is 19.6. The summed E-state index contributed by atoms with van der Waals surface area (Å²) in [5.74, 6) is -1.43. The van der Waals surface area contributed by atoms with Gasteiger partial charge in [-0.3, -0.25) is 4.79 Å². The van der Waals surface area contributed by atoms with E-state index in [2.05, 4.69) is 6.92 Å². The van der Waals surface area contributed by atoms with Crippen molar-refractivity contribution in [2.24, 2.45) is 0 Å². The molecule has 0 heterocycles. The zero-order valence-electron chi connectivity index (χ0n) is 18.2. The van der Waals surface area contributed by atoms with Gasteiger partial charge >= 0.3 is 5.97 Å². The maximum absolute atomic E-state index is 12.2. The van der Waals surface area contributed by atoms with Crippen molar-refractivity contribution in [2.45, 2.75) is 71.1 Å². The zero-order valence-corrected chi connectivity index (χ0v) is 18.2. The van der Waals surface area contributed by atoms with Crippen molar-refractivity contribution in [3.63, 3.8) is 0 Å². The molecule has 0 spiro atoms. The number of aliphatic hydroxyl groups excluding tert-OH is 1. The lowest BCUT2D eigenvalue weighted by atomic mass is 10.1. The number of carboxylic acids is 1. The summed E-state index contributed by atoms with van der Waals surface area (Å²) in [6.45, 7) is 4.67. The molecule has 29 heavy (non-hydrogen) atoms. The summed E-state index contributed by atoms with van der Waals surface area (Å²) in [6, 6.07) is 0. The van der Waals surface area contributed by atoms with Crippen LogP contribution < -0.4 is 0 Å². The molecule has 0 aliphatic carbocycles. The van der Waals surface area contributed by atoms with Crippen molar-refractivity contribution in [1.29, 1.82) is 0 Å². The molecular formula is C22H41NO6. The van der Waals surface area contributed by atoms with Crippen LogP contribution in [0.3, 0.4) is 0 Å². The molecule has 0 aromatic carbocycles. The highest BCUT2D eigenvalue weighted by molar-refractivity contribution is 5.93. The van der Waals surface area contributed by atoms with E-state index in [4.69, 9.17) is 19.7 Å². The molecular weight excluding hydrogens is 374 g/mol. The summed E-state index contributed by atoms with van der Waals surface area (Å²) in [6.07, 6.45) is 14.2. The van der Waals surface area contributed by atoms with Gasteiger partial charge in [0.25, 0.3) is 0 Å². The highest BCUT2D eigenvalue weighted by Gasteiger charge is 2.10. The highest BCUT2D eigenvalue weighted by atomic mass is 16.5. The molecule has 0 aromatic heterocycles. The number of ether oxygens (including phenoxy) is 2. The molecule has 0 radical (unpaired) electrons. The minimum atomic E-state index is -1.13. The molecule has 1 amide bonds. The maximum atomic E-state index is 12.2. The fourth-order valence-electron chi connectivity index (χ4n) is 2.93. The predicted octanol–water partition coefficient (Wildman–Crippen LogP) is 3.40. The molecule has 2 N–H and O–H groups in total. The average molecular weight is 416 g/mol. The van der Waals surface area contributed by atoms with Crippen molar-refractivity contribution in [3.05, 3.63) is 12.2 Å². The number of nitrogens with zero attached hydrogens (tertiary/aromatic N) is 1. The monoisotopic (exact) mass is 415 g/mol. The van der Waals surface area contributed by atoms with Gasteiger partial charge in [-0.1, -0.05) is 64.7 Å². The van der Waals surface area contributed by atoms with E-state index >= 15 is 0 Å². The standard InChI is InChI=1S/C22H41NO6/c1-2-3-4-5-6-7-8-9-10-11-14-23(21(25)12-13-22(26)27)15-17-28-19-20-29-18-16-24/h12-13,24H,2-11,14-20H2,1H3,(H,26,27). The first-order valence-corrected chi connectivity index (χ1v) is 11.1. The van der Waals surface area contributed by atoms with Gasteiger partial charge in [0.1, 0.15) is 0 Å². The molecule has 0 unspecified atom stereocenters. The van der Waals surface area contributed by atoms with Crippen LogP contribution in [0.15, 0.2) is 12.2 Å². The Morgan fingerprint density at radius 2 is 1.31 bits per heavy atom. The van der Waals surface area contributed by atoms with Crippen LogP contribution >= 0.6 is 0 Å². The topological polar surface area (TPSA) is 96.3 Å². The summed E-state index contributed by atoms with van der Waals surface area (Å²) in [4.78, 5) is 24.5. The van der Waals surface area contributed by atoms with Crippen molar-refractivity contribution in [2.75, 3.05) is 46.1 Å². The third-order valence-corrected chi connectivity index (χ3v) is 4.57. The lowest BCUT2D eigenvalue weighted by Crippen LogP contribution is -2.34. The Bertz CT molecular complexity index is 428. The Labute approximate surface area is 176 Å². The number of unbranched alkanes of at least 4 members (excludes halogenated alkanes) is 9. The Morgan fingerprint density at radius 3 is 1.86 bits per heavy atom. The first kappa shape index (κ1) is 27.6. The number of amides is 1. The van der Waals surface area contributed by atoms with Gasteiger partial charge < -0.3 is 24.6 Å². The van der Waals surface area contributed by atoms with Gasteiger partial charge in [-0.25, -0.2) is 4.79 Å². The third-order valence-electron chi connectivity index (χ3n) is 4.57. The summed E-state index contributed by atoms with van der Waals surface area (Å²) < 4.78 is 10.6. The number of hydrogen-bond donors (Lipinski definition) is 2. The molecule has 0 aliphatic heterocycles. The van der Waals surface area contributed by atoms with Gasteiger partial charge in [0, 0.05) is 25.2 Å². The molecule has 0 aliphatic rings. The van der Waals surface area contributed by atoms with Gasteiger partial charge in [0.15, 0.2) is 0 Å². The van der Waals surface area contributed by atoms with Crippen LogP contribution in [0.2, 0.25) is 0 Å². The van der Waals surface area contributed by atoms with E-state index in [1.54, 1.807) is 4.90 Å². The fraction of sp³-hybridized carbons (Fsp3) is 0.818. The van der Waals surface area contributed by atoms with Crippen LogP contribution in [0.25, 0.3) is 0 Å². The summed E-state index contributed by atoms with van der Waals surface area (Å²) in [5.41, 5.74) is 0. The lowest BCUT2D eigenvalue weighted by molar-refractivity contribution is -0.132. The molecule has 0 rings (SSSR count). The van der Waals surface area contributed by atoms with Crippen LogP contribution in [0.1, 0.15) is 71.1 Å². The minimum Gasteiger partial charge on any atom is -0.478 e. The second-order valence-electron chi connectivity index (χ2n) is 7.13. The first-order valence-electron chi connectivity index (χ1n) is 11.1. The van der Waals surface area contributed by atoms with E-state index < -0.39 is 5.97 Å². The summed E-state index contributed by atoms with van der Waals surface area (Å²) >= 11 is 0. The van der Waals surface area contributed by atoms with E-state index in [0.717, 1.165) is 25.0 Å². The Kier molecular flexibility index (Phi) is 20.2. The van der Waals surface area contributed by atoms with E-state index in [1.807, 2.05) is 0 Å². The molecule has 7 nitrogen and oxygen atoms in total. The van der Waals surface area contributed by atoms with Crippen molar-refractivity contribution < 1.29 is 29.3 Å².